The van der Waals surface area contributed by atoms with E-state index in [0.29, 0.717) is 6.04 Å². The minimum absolute atomic E-state index is 0.172. The van der Waals surface area contributed by atoms with Crippen LogP contribution < -0.4 is 21.1 Å². The number of carbonyl (C=O) groups excluding carboxylic acids is 1. The summed E-state index contributed by atoms with van der Waals surface area (Å²) >= 11 is 0. The van der Waals surface area contributed by atoms with Gasteiger partial charge in [0.1, 0.15) is 5.75 Å². The summed E-state index contributed by atoms with van der Waals surface area (Å²) in [6.07, 6.45) is 3.85. The Morgan fingerprint density at radius 1 is 1.32 bits per heavy atom. The highest BCUT2D eigenvalue weighted by Gasteiger charge is 2.19. The molecule has 5 heteroatoms. The number of amides is 2. The minimum atomic E-state index is -0.172. The van der Waals surface area contributed by atoms with E-state index in [1.165, 1.54) is 0 Å². The second-order valence-electron chi connectivity index (χ2n) is 4.94. The van der Waals surface area contributed by atoms with Crippen LogP contribution >= 0.6 is 0 Å². The van der Waals surface area contributed by atoms with Crippen molar-refractivity contribution in [3.8, 4) is 5.75 Å². The molecule has 0 aromatic heterocycles. The molecule has 0 radical (unpaired) electrons. The lowest BCUT2D eigenvalue weighted by Gasteiger charge is -2.26. The van der Waals surface area contributed by atoms with Crippen molar-refractivity contribution < 1.29 is 9.53 Å². The van der Waals surface area contributed by atoms with E-state index in [1.807, 2.05) is 18.2 Å². The van der Waals surface area contributed by atoms with Crippen molar-refractivity contribution in [3.63, 3.8) is 0 Å². The average molecular weight is 263 g/mol. The van der Waals surface area contributed by atoms with Crippen LogP contribution in [0.4, 0.5) is 10.5 Å². The van der Waals surface area contributed by atoms with Crippen LogP contribution in [0.5, 0.6) is 5.75 Å². The van der Waals surface area contributed by atoms with E-state index in [9.17, 15) is 4.79 Å². The first-order chi connectivity index (χ1) is 9.17. The number of rotatable bonds is 3. The minimum Gasteiger partial charge on any atom is -0.497 e. The summed E-state index contributed by atoms with van der Waals surface area (Å²) in [7, 11) is 1.60. The smallest absolute Gasteiger partial charge is 0.319 e. The lowest BCUT2D eigenvalue weighted by Crippen LogP contribution is -2.42. The molecular weight excluding hydrogens is 242 g/mol. The van der Waals surface area contributed by atoms with Gasteiger partial charge in [0.05, 0.1) is 7.11 Å². The number of hydrogen-bond donors (Lipinski definition) is 3. The molecule has 19 heavy (non-hydrogen) atoms. The van der Waals surface area contributed by atoms with Crippen LogP contribution in [0.25, 0.3) is 0 Å². The van der Waals surface area contributed by atoms with E-state index < -0.39 is 0 Å². The highest BCUT2D eigenvalue weighted by atomic mass is 16.5. The van der Waals surface area contributed by atoms with Crippen molar-refractivity contribution >= 4 is 11.7 Å². The summed E-state index contributed by atoms with van der Waals surface area (Å²) in [5, 5.41) is 5.79. The van der Waals surface area contributed by atoms with Crippen LogP contribution in [0.2, 0.25) is 0 Å². The molecule has 0 heterocycles. The molecule has 1 aromatic carbocycles. The maximum Gasteiger partial charge on any atom is 0.319 e. The Kier molecular flexibility index (Phi) is 4.63. The van der Waals surface area contributed by atoms with Gasteiger partial charge in [-0.3, -0.25) is 0 Å². The molecule has 0 unspecified atom stereocenters. The van der Waals surface area contributed by atoms with E-state index in [4.69, 9.17) is 10.5 Å². The molecule has 1 aliphatic rings. The van der Waals surface area contributed by atoms with Gasteiger partial charge < -0.3 is 21.1 Å². The Balaban J connectivity index is 1.83. The van der Waals surface area contributed by atoms with Crippen molar-refractivity contribution in [1.82, 2.24) is 5.32 Å². The number of hydrogen-bond acceptors (Lipinski definition) is 3. The van der Waals surface area contributed by atoms with Gasteiger partial charge in [0.2, 0.25) is 0 Å². The zero-order valence-electron chi connectivity index (χ0n) is 11.2. The molecule has 0 saturated heterocycles. The number of benzene rings is 1. The largest absolute Gasteiger partial charge is 0.497 e. The van der Waals surface area contributed by atoms with Gasteiger partial charge in [-0.05, 0) is 37.8 Å². The van der Waals surface area contributed by atoms with E-state index >= 15 is 0 Å². The van der Waals surface area contributed by atoms with Gasteiger partial charge in [-0.25, -0.2) is 4.79 Å². The fourth-order valence-electron chi connectivity index (χ4n) is 2.32. The van der Waals surface area contributed by atoms with E-state index in [0.717, 1.165) is 37.1 Å². The Morgan fingerprint density at radius 2 is 2.05 bits per heavy atom. The second-order valence-corrected chi connectivity index (χ2v) is 4.94. The van der Waals surface area contributed by atoms with Gasteiger partial charge in [0, 0.05) is 23.8 Å². The van der Waals surface area contributed by atoms with Crippen molar-refractivity contribution in [2.24, 2.45) is 5.73 Å². The van der Waals surface area contributed by atoms with Crippen molar-refractivity contribution in [2.45, 2.75) is 37.8 Å². The van der Waals surface area contributed by atoms with Crippen molar-refractivity contribution in [2.75, 3.05) is 12.4 Å². The highest BCUT2D eigenvalue weighted by Crippen LogP contribution is 2.18. The van der Waals surface area contributed by atoms with Gasteiger partial charge in [-0.15, -0.1) is 0 Å². The van der Waals surface area contributed by atoms with Gasteiger partial charge in [0.15, 0.2) is 0 Å². The van der Waals surface area contributed by atoms with Crippen LogP contribution in [0.15, 0.2) is 24.3 Å². The molecule has 1 fully saturated rings. The number of ether oxygens (including phenoxy) is 1. The molecule has 1 aliphatic carbocycles. The standard InChI is InChI=1S/C14H21N3O2/c1-19-13-4-2-3-12(9-13)17-14(18)16-11-7-5-10(15)6-8-11/h2-4,9-11H,5-8,15H2,1H3,(H2,16,17,18). The van der Waals surface area contributed by atoms with Gasteiger partial charge in [0.25, 0.3) is 0 Å². The molecule has 1 saturated carbocycles. The summed E-state index contributed by atoms with van der Waals surface area (Å²) in [6, 6.07) is 7.65. The van der Waals surface area contributed by atoms with Crippen LogP contribution in [0, 0.1) is 0 Å². The summed E-state index contributed by atoms with van der Waals surface area (Å²) in [6.45, 7) is 0. The quantitative estimate of drug-likeness (QED) is 0.781. The third kappa shape index (κ3) is 4.13. The normalized spacial score (nSPS) is 22.6. The zero-order valence-corrected chi connectivity index (χ0v) is 11.2. The van der Waals surface area contributed by atoms with Gasteiger partial charge >= 0.3 is 6.03 Å². The third-order valence-electron chi connectivity index (χ3n) is 3.43. The first-order valence-corrected chi connectivity index (χ1v) is 6.64. The number of nitrogens with one attached hydrogen (secondary N) is 2. The molecule has 0 bridgehead atoms. The molecule has 5 nitrogen and oxygen atoms in total. The van der Waals surface area contributed by atoms with E-state index in [1.54, 1.807) is 13.2 Å². The highest BCUT2D eigenvalue weighted by molar-refractivity contribution is 5.89. The van der Waals surface area contributed by atoms with Gasteiger partial charge in [-0.2, -0.15) is 0 Å². The Hall–Kier alpha value is -1.75. The maximum atomic E-state index is 11.9. The zero-order chi connectivity index (χ0) is 13.7. The van der Waals surface area contributed by atoms with Gasteiger partial charge in [-0.1, -0.05) is 6.07 Å². The summed E-state index contributed by atoms with van der Waals surface area (Å²) in [5.74, 6) is 0.724. The molecule has 0 atom stereocenters. The summed E-state index contributed by atoms with van der Waals surface area (Å²) in [5.41, 5.74) is 6.57. The average Bonchev–Trinajstić information content (AvgIpc) is 2.41. The predicted octanol–water partition coefficient (Wildman–Crippen LogP) is 2.09. The monoisotopic (exact) mass is 263 g/mol. The number of anilines is 1. The molecule has 0 aliphatic heterocycles. The topological polar surface area (TPSA) is 76.4 Å². The number of methoxy groups -OCH3 is 1. The van der Waals surface area contributed by atoms with Crippen LogP contribution in [0.3, 0.4) is 0 Å². The number of urea groups is 1. The summed E-state index contributed by atoms with van der Waals surface area (Å²) in [4.78, 5) is 11.9. The second kappa shape index (κ2) is 6.43. The first kappa shape index (κ1) is 13.7. The third-order valence-corrected chi connectivity index (χ3v) is 3.43. The summed E-state index contributed by atoms with van der Waals surface area (Å²) < 4.78 is 5.11. The molecule has 1 aromatic rings. The molecular formula is C14H21N3O2. The van der Waals surface area contributed by atoms with Crippen molar-refractivity contribution in [3.05, 3.63) is 24.3 Å². The van der Waals surface area contributed by atoms with Crippen molar-refractivity contribution in [1.29, 1.82) is 0 Å². The first-order valence-electron chi connectivity index (χ1n) is 6.64. The molecule has 0 spiro atoms. The Bertz CT molecular complexity index is 428. The fourth-order valence-corrected chi connectivity index (χ4v) is 2.32. The van der Waals surface area contributed by atoms with Crippen LogP contribution in [-0.2, 0) is 0 Å². The Morgan fingerprint density at radius 3 is 2.74 bits per heavy atom. The Labute approximate surface area is 113 Å². The van der Waals surface area contributed by atoms with E-state index in [2.05, 4.69) is 10.6 Å². The molecule has 104 valence electrons. The number of nitrogens with two attached hydrogens (primary N) is 1. The molecule has 2 amide bonds. The predicted molar refractivity (Wildman–Crippen MR) is 75.4 cm³/mol. The van der Waals surface area contributed by atoms with Crippen LogP contribution in [0.1, 0.15) is 25.7 Å². The molecule has 4 N–H and O–H groups in total. The molecule has 2 rings (SSSR count). The lowest BCUT2D eigenvalue weighted by atomic mass is 9.92. The SMILES string of the molecule is COc1cccc(NC(=O)NC2CCC(N)CC2)c1. The number of carbonyl (C=O) groups is 1. The van der Waals surface area contributed by atoms with E-state index in [-0.39, 0.29) is 12.1 Å². The lowest BCUT2D eigenvalue weighted by molar-refractivity contribution is 0.242. The fraction of sp³-hybridized carbons (Fsp3) is 0.500. The van der Waals surface area contributed by atoms with Crippen LogP contribution in [-0.4, -0.2) is 25.2 Å². The maximum absolute atomic E-state index is 11.9.